The van der Waals surface area contributed by atoms with E-state index in [1.54, 1.807) is 6.92 Å². The van der Waals surface area contributed by atoms with Crippen LogP contribution in [-0.4, -0.2) is 23.7 Å². The molecule has 3 nitrogen and oxygen atoms in total. The number of halogens is 3. The summed E-state index contributed by atoms with van der Waals surface area (Å²) in [5, 5.41) is 2.30. The van der Waals surface area contributed by atoms with Crippen molar-refractivity contribution >= 4 is 5.91 Å². The molecule has 2 unspecified atom stereocenters. The normalized spacial score (nSPS) is 17.4. The van der Waals surface area contributed by atoms with Gasteiger partial charge in [-0.3, -0.25) is 4.79 Å². The van der Waals surface area contributed by atoms with Gasteiger partial charge in [0.1, 0.15) is 0 Å². The average Bonchev–Trinajstić information content (AvgIpc) is 2.16. The maximum Gasteiger partial charge on any atom is 0.415 e. The number of amides is 1. The maximum atomic E-state index is 12.5. The first-order valence-corrected chi connectivity index (χ1v) is 5.79. The molecule has 0 fully saturated rings. The number of alkyl halides is 3. The van der Waals surface area contributed by atoms with Gasteiger partial charge in [0, 0.05) is 6.04 Å². The monoisotopic (exact) mass is 254 g/mol. The summed E-state index contributed by atoms with van der Waals surface area (Å²) in [6.45, 7) is 4.39. The van der Waals surface area contributed by atoms with Gasteiger partial charge in [-0.2, -0.15) is 13.2 Å². The topological polar surface area (TPSA) is 55.1 Å². The minimum absolute atomic E-state index is 0.292. The van der Waals surface area contributed by atoms with Crippen molar-refractivity contribution in [3.63, 3.8) is 0 Å². The number of hydrogen-bond donors (Lipinski definition) is 2. The van der Waals surface area contributed by atoms with Crippen LogP contribution in [0.25, 0.3) is 0 Å². The number of carbonyl (C=O) groups is 1. The predicted octanol–water partition coefficient (Wildman–Crippen LogP) is 2.35. The number of unbranched alkanes of at least 4 members (excludes halogenated alkanes) is 2. The fraction of sp³-hybridized carbons (Fsp3) is 0.909. The van der Waals surface area contributed by atoms with Crippen molar-refractivity contribution in [1.29, 1.82) is 0 Å². The van der Waals surface area contributed by atoms with Gasteiger partial charge >= 0.3 is 6.18 Å². The highest BCUT2D eigenvalue weighted by Gasteiger charge is 2.54. The van der Waals surface area contributed by atoms with Gasteiger partial charge in [0.25, 0.3) is 0 Å². The highest BCUT2D eigenvalue weighted by Crippen LogP contribution is 2.28. The van der Waals surface area contributed by atoms with Crippen molar-refractivity contribution in [3.8, 4) is 0 Å². The van der Waals surface area contributed by atoms with Crippen LogP contribution >= 0.6 is 0 Å². The van der Waals surface area contributed by atoms with Gasteiger partial charge in [-0.05, 0) is 20.3 Å². The molecule has 0 aromatic carbocycles. The second kappa shape index (κ2) is 6.23. The smallest absolute Gasteiger partial charge is 0.352 e. The molecule has 6 heteroatoms. The van der Waals surface area contributed by atoms with Gasteiger partial charge in [0.2, 0.25) is 5.91 Å². The molecule has 0 aliphatic heterocycles. The largest absolute Gasteiger partial charge is 0.415 e. The molecule has 0 saturated carbocycles. The molecule has 0 aliphatic carbocycles. The Kier molecular flexibility index (Phi) is 5.95. The van der Waals surface area contributed by atoms with Crippen LogP contribution in [0.15, 0.2) is 0 Å². The molecule has 2 atom stereocenters. The van der Waals surface area contributed by atoms with Crippen molar-refractivity contribution in [1.82, 2.24) is 5.32 Å². The Morgan fingerprint density at radius 1 is 1.35 bits per heavy atom. The van der Waals surface area contributed by atoms with E-state index in [9.17, 15) is 18.0 Å². The summed E-state index contributed by atoms with van der Waals surface area (Å²) in [6, 6.07) is -0.292. The van der Waals surface area contributed by atoms with Crippen molar-refractivity contribution in [2.45, 2.75) is 64.2 Å². The maximum absolute atomic E-state index is 12.5. The zero-order valence-corrected chi connectivity index (χ0v) is 10.5. The molecule has 0 aromatic rings. The molecule has 0 saturated heterocycles. The van der Waals surface area contributed by atoms with E-state index in [0.717, 1.165) is 19.3 Å². The van der Waals surface area contributed by atoms with Gasteiger partial charge in [0.15, 0.2) is 5.54 Å². The Bertz CT molecular complexity index is 252. The molecular formula is C11H21F3N2O. The zero-order valence-electron chi connectivity index (χ0n) is 10.5. The summed E-state index contributed by atoms with van der Waals surface area (Å²) in [4.78, 5) is 11.4. The van der Waals surface area contributed by atoms with Crippen LogP contribution in [0.5, 0.6) is 0 Å². The van der Waals surface area contributed by atoms with Crippen molar-refractivity contribution in [2.24, 2.45) is 5.73 Å². The number of carbonyl (C=O) groups excluding carboxylic acids is 1. The van der Waals surface area contributed by atoms with Gasteiger partial charge in [-0.15, -0.1) is 0 Å². The molecule has 0 radical (unpaired) electrons. The van der Waals surface area contributed by atoms with Gasteiger partial charge in [-0.25, -0.2) is 0 Å². The molecule has 0 aromatic heterocycles. The standard InChI is InChI=1S/C11H21F3N2O/c1-4-5-6-7-8(2)16-9(17)10(3,15)11(12,13)14/h8H,4-7,15H2,1-3H3,(H,16,17). The van der Waals surface area contributed by atoms with Crippen LogP contribution < -0.4 is 11.1 Å². The lowest BCUT2D eigenvalue weighted by Gasteiger charge is -2.28. The molecule has 0 spiro atoms. The lowest BCUT2D eigenvalue weighted by atomic mass is 10.0. The fourth-order valence-corrected chi connectivity index (χ4v) is 1.28. The quantitative estimate of drug-likeness (QED) is 0.715. The second-order valence-electron chi connectivity index (χ2n) is 4.57. The highest BCUT2D eigenvalue weighted by atomic mass is 19.4. The SMILES string of the molecule is CCCCCC(C)NC(=O)C(C)(N)C(F)(F)F. The minimum Gasteiger partial charge on any atom is -0.352 e. The van der Waals surface area contributed by atoms with Crippen LogP contribution in [0.3, 0.4) is 0 Å². The van der Waals surface area contributed by atoms with Crippen LogP contribution in [0.4, 0.5) is 13.2 Å². The van der Waals surface area contributed by atoms with E-state index in [-0.39, 0.29) is 6.04 Å². The first kappa shape index (κ1) is 16.2. The molecule has 102 valence electrons. The molecule has 0 bridgehead atoms. The minimum atomic E-state index is -4.74. The predicted molar refractivity (Wildman–Crippen MR) is 60.4 cm³/mol. The summed E-state index contributed by atoms with van der Waals surface area (Å²) in [7, 11) is 0. The molecule has 0 aliphatic rings. The second-order valence-corrected chi connectivity index (χ2v) is 4.57. The molecule has 1 amide bonds. The highest BCUT2D eigenvalue weighted by molar-refractivity contribution is 5.86. The number of nitrogens with one attached hydrogen (secondary N) is 1. The average molecular weight is 254 g/mol. The summed E-state index contributed by atoms with van der Waals surface area (Å²) < 4.78 is 37.4. The number of nitrogens with two attached hydrogens (primary N) is 1. The summed E-state index contributed by atoms with van der Waals surface area (Å²) in [5.41, 5.74) is 2.18. The van der Waals surface area contributed by atoms with E-state index >= 15 is 0 Å². The van der Waals surface area contributed by atoms with Crippen LogP contribution in [-0.2, 0) is 4.79 Å². The van der Waals surface area contributed by atoms with Crippen molar-refractivity contribution in [2.75, 3.05) is 0 Å². The molecule has 3 N–H and O–H groups in total. The lowest BCUT2D eigenvalue weighted by Crippen LogP contribution is -2.62. The van der Waals surface area contributed by atoms with E-state index in [1.165, 1.54) is 0 Å². The third-order valence-electron chi connectivity index (χ3n) is 2.68. The third kappa shape index (κ3) is 4.93. The van der Waals surface area contributed by atoms with Gasteiger partial charge in [-0.1, -0.05) is 26.2 Å². The first-order chi connectivity index (χ1) is 7.63. The number of hydrogen-bond acceptors (Lipinski definition) is 2. The van der Waals surface area contributed by atoms with Crippen LogP contribution in [0.1, 0.15) is 46.5 Å². The van der Waals surface area contributed by atoms with Crippen molar-refractivity contribution in [3.05, 3.63) is 0 Å². The van der Waals surface area contributed by atoms with E-state index < -0.39 is 17.6 Å². The lowest BCUT2D eigenvalue weighted by molar-refractivity contribution is -0.187. The molecule has 0 heterocycles. The van der Waals surface area contributed by atoms with Crippen molar-refractivity contribution < 1.29 is 18.0 Å². The third-order valence-corrected chi connectivity index (χ3v) is 2.68. The van der Waals surface area contributed by atoms with Gasteiger partial charge in [0.05, 0.1) is 0 Å². The fourth-order valence-electron chi connectivity index (χ4n) is 1.28. The van der Waals surface area contributed by atoms with Gasteiger partial charge < -0.3 is 11.1 Å². The molecule has 0 rings (SSSR count). The first-order valence-electron chi connectivity index (χ1n) is 5.79. The molecule has 17 heavy (non-hydrogen) atoms. The van der Waals surface area contributed by atoms with E-state index in [0.29, 0.717) is 13.3 Å². The molecular weight excluding hydrogens is 233 g/mol. The summed E-state index contributed by atoms with van der Waals surface area (Å²) in [5.74, 6) is -1.17. The summed E-state index contributed by atoms with van der Waals surface area (Å²) >= 11 is 0. The summed E-state index contributed by atoms with van der Waals surface area (Å²) in [6.07, 6.45) is -1.17. The van der Waals surface area contributed by atoms with E-state index in [1.807, 2.05) is 6.92 Å². The Balaban J connectivity index is 4.25. The Hall–Kier alpha value is -0.780. The Labute approximate surface area is 99.9 Å². The van der Waals surface area contributed by atoms with E-state index in [4.69, 9.17) is 5.73 Å². The Morgan fingerprint density at radius 2 is 1.88 bits per heavy atom. The van der Waals surface area contributed by atoms with Crippen LogP contribution in [0, 0.1) is 0 Å². The number of rotatable bonds is 6. The Morgan fingerprint density at radius 3 is 2.29 bits per heavy atom. The van der Waals surface area contributed by atoms with E-state index in [2.05, 4.69) is 5.32 Å². The zero-order chi connectivity index (χ0) is 13.7. The van der Waals surface area contributed by atoms with Crippen LogP contribution in [0.2, 0.25) is 0 Å².